The van der Waals surface area contributed by atoms with Crippen LogP contribution in [0.2, 0.25) is 0 Å². The van der Waals surface area contributed by atoms with E-state index in [2.05, 4.69) is 11.8 Å². The molecule has 1 aliphatic rings. The van der Waals surface area contributed by atoms with Gasteiger partial charge in [0.25, 0.3) is 0 Å². The van der Waals surface area contributed by atoms with Crippen molar-refractivity contribution >= 4 is 5.78 Å². The topological polar surface area (TPSA) is 29.6 Å². The summed E-state index contributed by atoms with van der Waals surface area (Å²) in [4.78, 5) is 11.7. The molecule has 1 heterocycles. The number of Topliss-reactive ketones (excluding diaryl/α,β-unsaturated/α-hetero) is 1. The number of hydrogen-bond acceptors (Lipinski definition) is 2. The molecule has 0 bridgehead atoms. The van der Waals surface area contributed by atoms with Gasteiger partial charge in [-0.3, -0.25) is 4.79 Å². The molecule has 0 amide bonds. The van der Waals surface area contributed by atoms with Crippen molar-refractivity contribution in [3.05, 3.63) is 0 Å². The second-order valence-electron chi connectivity index (χ2n) is 3.52. The number of ketones is 1. The zero-order valence-electron chi connectivity index (χ0n) is 8.52. The maximum Gasteiger partial charge on any atom is 0.181 e. The molecule has 2 heteroatoms. The van der Waals surface area contributed by atoms with Crippen LogP contribution in [0.3, 0.4) is 0 Å². The summed E-state index contributed by atoms with van der Waals surface area (Å²) in [6.45, 7) is 6.37. The Kier molecular flexibility index (Phi) is 3.11. The predicted octanol–water partition coefficient (Wildman–Crippen LogP) is 1.78. The van der Waals surface area contributed by atoms with E-state index in [4.69, 9.17) is 4.74 Å². The lowest BCUT2D eigenvalue weighted by atomic mass is 9.93. The van der Waals surface area contributed by atoms with E-state index in [1.165, 1.54) is 0 Å². The second kappa shape index (κ2) is 3.93. The summed E-state index contributed by atoms with van der Waals surface area (Å²) in [5.74, 6) is 5.96. The number of carbonyl (C=O) groups excluding carboxylic acids is 1. The van der Waals surface area contributed by atoms with Crippen LogP contribution < -0.4 is 0 Å². The van der Waals surface area contributed by atoms with E-state index >= 15 is 0 Å². The summed E-state index contributed by atoms with van der Waals surface area (Å²) < 4.78 is 5.10. The first-order valence-electron chi connectivity index (χ1n) is 4.80. The van der Waals surface area contributed by atoms with Crippen molar-refractivity contribution in [2.45, 2.75) is 39.2 Å². The molecular weight excluding hydrogens is 164 g/mol. The molecular formula is C11H16O2. The van der Waals surface area contributed by atoms with Crippen molar-refractivity contribution in [1.82, 2.24) is 0 Å². The van der Waals surface area contributed by atoms with Crippen LogP contribution in [0.15, 0.2) is 0 Å². The van der Waals surface area contributed by atoms with Gasteiger partial charge in [0.2, 0.25) is 0 Å². The average molecular weight is 180 g/mol. The molecule has 2 unspecified atom stereocenters. The smallest absolute Gasteiger partial charge is 0.181 e. The summed E-state index contributed by atoms with van der Waals surface area (Å²) in [6, 6.07) is 0. The zero-order chi connectivity index (χ0) is 9.90. The minimum atomic E-state index is -0.511. The van der Waals surface area contributed by atoms with Crippen LogP contribution in [0.1, 0.15) is 33.6 Å². The van der Waals surface area contributed by atoms with Crippen molar-refractivity contribution in [1.29, 1.82) is 0 Å². The van der Waals surface area contributed by atoms with Crippen LogP contribution in [0.4, 0.5) is 0 Å². The van der Waals surface area contributed by atoms with Gasteiger partial charge in [0.1, 0.15) is 5.60 Å². The van der Waals surface area contributed by atoms with E-state index in [0.29, 0.717) is 6.61 Å². The summed E-state index contributed by atoms with van der Waals surface area (Å²) >= 11 is 0. The molecule has 2 nitrogen and oxygen atoms in total. The highest BCUT2D eigenvalue weighted by molar-refractivity contribution is 5.93. The first kappa shape index (κ1) is 10.3. The SMILES string of the molecule is CCC#CC(CC)C(=O)C1(C)CO1. The molecule has 0 spiro atoms. The highest BCUT2D eigenvalue weighted by Crippen LogP contribution is 2.30. The Balaban J connectivity index is 2.61. The Morgan fingerprint density at radius 1 is 1.62 bits per heavy atom. The van der Waals surface area contributed by atoms with E-state index in [0.717, 1.165) is 12.8 Å². The van der Waals surface area contributed by atoms with Gasteiger partial charge in [0.15, 0.2) is 5.78 Å². The quantitative estimate of drug-likeness (QED) is 0.489. The number of epoxide rings is 1. The molecule has 1 fully saturated rings. The number of rotatable bonds is 3. The summed E-state index contributed by atoms with van der Waals surface area (Å²) in [6.07, 6.45) is 1.59. The van der Waals surface area contributed by atoms with Gasteiger partial charge in [-0.05, 0) is 13.3 Å². The van der Waals surface area contributed by atoms with E-state index in [1.807, 2.05) is 20.8 Å². The lowest BCUT2D eigenvalue weighted by Gasteiger charge is -2.09. The summed E-state index contributed by atoms with van der Waals surface area (Å²) in [5, 5.41) is 0. The van der Waals surface area contributed by atoms with Gasteiger partial charge in [-0.25, -0.2) is 0 Å². The molecule has 0 saturated carbocycles. The van der Waals surface area contributed by atoms with Crippen molar-refractivity contribution in [2.75, 3.05) is 6.61 Å². The van der Waals surface area contributed by atoms with E-state index in [1.54, 1.807) is 0 Å². The lowest BCUT2D eigenvalue weighted by molar-refractivity contribution is -0.125. The van der Waals surface area contributed by atoms with Crippen molar-refractivity contribution in [2.24, 2.45) is 5.92 Å². The van der Waals surface area contributed by atoms with Gasteiger partial charge in [-0.15, -0.1) is 5.92 Å². The average Bonchev–Trinajstić information content (AvgIpc) is 2.86. The minimum absolute atomic E-state index is 0.132. The van der Waals surface area contributed by atoms with Crippen LogP contribution >= 0.6 is 0 Å². The maximum absolute atomic E-state index is 11.7. The van der Waals surface area contributed by atoms with Crippen LogP contribution in [0.25, 0.3) is 0 Å². The summed E-state index contributed by atoms with van der Waals surface area (Å²) in [5.41, 5.74) is -0.511. The molecule has 0 radical (unpaired) electrons. The monoisotopic (exact) mass is 180 g/mol. The fourth-order valence-electron chi connectivity index (χ4n) is 1.20. The first-order valence-corrected chi connectivity index (χ1v) is 4.80. The van der Waals surface area contributed by atoms with E-state index in [-0.39, 0.29) is 11.7 Å². The Labute approximate surface area is 79.7 Å². The lowest BCUT2D eigenvalue weighted by Crippen LogP contribution is -2.27. The number of hydrogen-bond donors (Lipinski definition) is 0. The zero-order valence-corrected chi connectivity index (χ0v) is 8.52. The first-order chi connectivity index (χ1) is 6.14. The Hall–Kier alpha value is -0.810. The van der Waals surface area contributed by atoms with Crippen LogP contribution in [-0.4, -0.2) is 18.0 Å². The molecule has 1 saturated heterocycles. The standard InChI is InChI=1S/C11H16O2/c1-4-6-7-9(5-2)10(12)11(3)8-13-11/h9H,4-5,8H2,1-3H3. The molecule has 0 aromatic rings. The minimum Gasteiger partial charge on any atom is -0.362 e. The molecule has 2 atom stereocenters. The fourth-order valence-corrected chi connectivity index (χ4v) is 1.20. The molecule has 0 N–H and O–H groups in total. The van der Waals surface area contributed by atoms with Gasteiger partial charge in [0, 0.05) is 6.42 Å². The molecule has 0 aromatic carbocycles. The normalized spacial score (nSPS) is 27.3. The largest absolute Gasteiger partial charge is 0.362 e. The van der Waals surface area contributed by atoms with Crippen LogP contribution in [-0.2, 0) is 9.53 Å². The Morgan fingerprint density at radius 3 is 2.62 bits per heavy atom. The van der Waals surface area contributed by atoms with Crippen LogP contribution in [0.5, 0.6) is 0 Å². The van der Waals surface area contributed by atoms with Crippen molar-refractivity contribution < 1.29 is 9.53 Å². The molecule has 1 rings (SSSR count). The van der Waals surface area contributed by atoms with Crippen molar-refractivity contribution in [3.63, 3.8) is 0 Å². The molecule has 13 heavy (non-hydrogen) atoms. The fraction of sp³-hybridized carbons (Fsp3) is 0.727. The molecule has 0 aliphatic carbocycles. The van der Waals surface area contributed by atoms with Gasteiger partial charge < -0.3 is 4.74 Å². The van der Waals surface area contributed by atoms with Gasteiger partial charge >= 0.3 is 0 Å². The third kappa shape index (κ3) is 2.32. The second-order valence-corrected chi connectivity index (χ2v) is 3.52. The third-order valence-electron chi connectivity index (χ3n) is 2.28. The highest BCUT2D eigenvalue weighted by Gasteiger charge is 2.48. The van der Waals surface area contributed by atoms with Gasteiger partial charge in [0.05, 0.1) is 12.5 Å². The van der Waals surface area contributed by atoms with E-state index < -0.39 is 5.60 Å². The predicted molar refractivity (Wildman–Crippen MR) is 51.2 cm³/mol. The Morgan fingerprint density at radius 2 is 2.23 bits per heavy atom. The van der Waals surface area contributed by atoms with Crippen LogP contribution in [0, 0.1) is 17.8 Å². The van der Waals surface area contributed by atoms with Gasteiger partial charge in [-0.1, -0.05) is 19.8 Å². The highest BCUT2D eigenvalue weighted by atomic mass is 16.6. The number of carbonyl (C=O) groups is 1. The Bertz CT molecular complexity index is 253. The molecule has 72 valence electrons. The van der Waals surface area contributed by atoms with Gasteiger partial charge in [-0.2, -0.15) is 0 Å². The molecule has 1 aliphatic heterocycles. The summed E-state index contributed by atoms with van der Waals surface area (Å²) in [7, 11) is 0. The molecule has 0 aromatic heterocycles. The third-order valence-corrected chi connectivity index (χ3v) is 2.28. The number of ether oxygens (including phenoxy) is 1. The van der Waals surface area contributed by atoms with Crippen molar-refractivity contribution in [3.8, 4) is 11.8 Å². The maximum atomic E-state index is 11.7. The van der Waals surface area contributed by atoms with E-state index in [9.17, 15) is 4.79 Å².